The van der Waals surface area contributed by atoms with Crippen LogP contribution in [-0.2, 0) is 4.74 Å². The first kappa shape index (κ1) is 18.9. The van der Waals surface area contributed by atoms with Crippen LogP contribution in [0.3, 0.4) is 0 Å². The van der Waals surface area contributed by atoms with Gasteiger partial charge in [-0.15, -0.1) is 0 Å². The van der Waals surface area contributed by atoms with Crippen molar-refractivity contribution >= 4 is 17.7 Å². The maximum atomic E-state index is 15.0. The van der Waals surface area contributed by atoms with Crippen molar-refractivity contribution in [1.29, 1.82) is 0 Å². The number of rotatable bonds is 3. The number of hydrogen-bond acceptors (Lipinski definition) is 4. The van der Waals surface area contributed by atoms with E-state index in [-0.39, 0.29) is 18.6 Å². The van der Waals surface area contributed by atoms with Crippen molar-refractivity contribution in [3.05, 3.63) is 64.1 Å². The van der Waals surface area contributed by atoms with Gasteiger partial charge in [0.2, 0.25) is 0 Å². The van der Waals surface area contributed by atoms with E-state index in [1.54, 1.807) is 24.0 Å². The molecule has 2 heterocycles. The molecule has 1 aromatic carbocycles. The fourth-order valence-corrected chi connectivity index (χ4v) is 4.43. The van der Waals surface area contributed by atoms with E-state index >= 15 is 0 Å². The van der Waals surface area contributed by atoms with Crippen LogP contribution in [0.1, 0.15) is 24.9 Å². The zero-order valence-corrected chi connectivity index (χ0v) is 16.5. The van der Waals surface area contributed by atoms with Gasteiger partial charge in [0.05, 0.1) is 19.8 Å². The molecule has 0 aromatic heterocycles. The summed E-state index contributed by atoms with van der Waals surface area (Å²) in [6, 6.07) is 4.18. The molecule has 148 valence electrons. The molecule has 3 aliphatic rings. The van der Waals surface area contributed by atoms with Crippen molar-refractivity contribution in [2.24, 2.45) is 5.92 Å². The first-order chi connectivity index (χ1) is 13.5. The highest BCUT2D eigenvalue weighted by Crippen LogP contribution is 2.45. The van der Waals surface area contributed by atoms with Crippen LogP contribution in [0, 0.1) is 11.7 Å². The molecule has 4 rings (SSSR count). The van der Waals surface area contributed by atoms with E-state index < -0.39 is 18.0 Å². The normalized spacial score (nSPS) is 25.6. The molecule has 0 fully saturated rings. The van der Waals surface area contributed by atoms with E-state index in [0.717, 1.165) is 11.3 Å². The third-order valence-corrected chi connectivity index (χ3v) is 5.72. The molecule has 0 spiro atoms. The van der Waals surface area contributed by atoms with E-state index in [1.165, 1.54) is 13.2 Å². The van der Waals surface area contributed by atoms with Gasteiger partial charge in [-0.3, -0.25) is 4.90 Å². The molecule has 5 nitrogen and oxygen atoms in total. The molecule has 7 heteroatoms. The summed E-state index contributed by atoms with van der Waals surface area (Å²) in [7, 11) is 1.49. The summed E-state index contributed by atoms with van der Waals surface area (Å²) in [4.78, 5) is 14.2. The minimum Gasteiger partial charge on any atom is -0.497 e. The molecule has 0 bridgehead atoms. The van der Waals surface area contributed by atoms with Gasteiger partial charge in [0.25, 0.3) is 0 Å². The van der Waals surface area contributed by atoms with Crippen LogP contribution in [-0.4, -0.2) is 37.3 Å². The highest BCUT2D eigenvalue weighted by atomic mass is 35.5. The molecule has 1 N–H and O–H groups in total. The fraction of sp³-hybridized carbons (Fsp3) is 0.381. The Hall–Kier alpha value is -2.47. The lowest BCUT2D eigenvalue weighted by Gasteiger charge is -2.37. The monoisotopic (exact) mass is 404 g/mol. The van der Waals surface area contributed by atoms with Crippen LogP contribution in [0.15, 0.2) is 52.7 Å². The van der Waals surface area contributed by atoms with E-state index in [0.29, 0.717) is 29.3 Å². The van der Waals surface area contributed by atoms with Crippen LogP contribution in [0.4, 0.5) is 9.18 Å². The highest BCUT2D eigenvalue weighted by Gasteiger charge is 2.44. The number of halogens is 2. The molecule has 0 saturated heterocycles. The van der Waals surface area contributed by atoms with Gasteiger partial charge >= 0.3 is 6.09 Å². The van der Waals surface area contributed by atoms with Gasteiger partial charge in [0, 0.05) is 34.8 Å². The number of fused-ring (bicyclic) bond motifs is 2. The molecule has 1 amide bonds. The number of hydrogen-bond donors (Lipinski definition) is 1. The summed E-state index contributed by atoms with van der Waals surface area (Å²) in [5.74, 6) is 0.119. The number of amides is 1. The number of carbonyl (C=O) groups is 1. The van der Waals surface area contributed by atoms with E-state index in [4.69, 9.17) is 21.1 Å². The van der Waals surface area contributed by atoms with Gasteiger partial charge in [0.1, 0.15) is 17.6 Å². The minimum atomic E-state index is -0.583. The van der Waals surface area contributed by atoms with Gasteiger partial charge < -0.3 is 14.8 Å². The topological polar surface area (TPSA) is 50.8 Å². The second-order valence-corrected chi connectivity index (χ2v) is 7.41. The Morgan fingerprint density at radius 3 is 2.96 bits per heavy atom. The van der Waals surface area contributed by atoms with E-state index in [9.17, 15) is 9.18 Å². The van der Waals surface area contributed by atoms with Crippen molar-refractivity contribution < 1.29 is 18.7 Å². The number of methoxy groups -OCH3 is 1. The Kier molecular flexibility index (Phi) is 5.06. The third-order valence-electron chi connectivity index (χ3n) is 5.47. The lowest BCUT2D eigenvalue weighted by molar-refractivity contribution is 0.0916. The minimum absolute atomic E-state index is 0.0541. The molecular weight excluding hydrogens is 383 g/mol. The molecule has 1 aromatic rings. The zero-order chi connectivity index (χ0) is 19.8. The summed E-state index contributed by atoms with van der Waals surface area (Å²) >= 11 is 6.21. The number of benzene rings is 1. The predicted octanol–water partition coefficient (Wildman–Crippen LogP) is 4.27. The maximum absolute atomic E-state index is 15.0. The Morgan fingerprint density at radius 2 is 2.25 bits per heavy atom. The number of nitrogens with one attached hydrogen (secondary N) is 1. The molecule has 2 aliphatic heterocycles. The Balaban J connectivity index is 1.79. The SMILES string of the molecule is CCOC(=O)N1CCC2=C(NC3C=CC(Cl)=CC23)C1c1ccc(OC)cc1F. The second-order valence-electron chi connectivity index (χ2n) is 6.98. The fourth-order valence-electron chi connectivity index (χ4n) is 4.22. The largest absolute Gasteiger partial charge is 0.497 e. The second kappa shape index (κ2) is 7.51. The van der Waals surface area contributed by atoms with Crippen molar-refractivity contribution in [3.8, 4) is 5.75 Å². The predicted molar refractivity (Wildman–Crippen MR) is 105 cm³/mol. The van der Waals surface area contributed by atoms with E-state index in [2.05, 4.69) is 5.32 Å². The van der Waals surface area contributed by atoms with Crippen LogP contribution in [0.5, 0.6) is 5.75 Å². The molecule has 1 aliphatic carbocycles. The number of carbonyl (C=O) groups excluding carboxylic acids is 1. The van der Waals surface area contributed by atoms with Gasteiger partial charge in [-0.05, 0) is 37.1 Å². The van der Waals surface area contributed by atoms with Crippen molar-refractivity contribution in [2.45, 2.75) is 25.4 Å². The van der Waals surface area contributed by atoms with Gasteiger partial charge in [-0.1, -0.05) is 23.8 Å². The van der Waals surface area contributed by atoms with Crippen LogP contribution < -0.4 is 10.1 Å². The molecule has 3 unspecified atom stereocenters. The van der Waals surface area contributed by atoms with Crippen molar-refractivity contribution in [2.75, 3.05) is 20.3 Å². The highest BCUT2D eigenvalue weighted by molar-refractivity contribution is 6.31. The summed E-state index contributed by atoms with van der Waals surface area (Å²) in [6.07, 6.45) is 6.13. The van der Waals surface area contributed by atoms with Gasteiger partial charge in [-0.25, -0.2) is 9.18 Å². The number of nitrogens with zero attached hydrogens (tertiary/aromatic N) is 1. The van der Waals surface area contributed by atoms with Crippen LogP contribution >= 0.6 is 11.6 Å². The van der Waals surface area contributed by atoms with Crippen LogP contribution in [0.2, 0.25) is 0 Å². The maximum Gasteiger partial charge on any atom is 0.410 e. The Labute approximate surface area is 168 Å². The smallest absolute Gasteiger partial charge is 0.410 e. The Morgan fingerprint density at radius 1 is 1.43 bits per heavy atom. The number of allylic oxidation sites excluding steroid dienone is 2. The quantitative estimate of drug-likeness (QED) is 0.817. The van der Waals surface area contributed by atoms with Crippen molar-refractivity contribution in [3.63, 3.8) is 0 Å². The van der Waals surface area contributed by atoms with E-state index in [1.807, 2.05) is 18.2 Å². The van der Waals surface area contributed by atoms with Gasteiger partial charge in [-0.2, -0.15) is 0 Å². The zero-order valence-electron chi connectivity index (χ0n) is 15.7. The summed E-state index contributed by atoms with van der Waals surface area (Å²) in [5.41, 5.74) is 2.42. The summed E-state index contributed by atoms with van der Waals surface area (Å²) < 4.78 is 25.3. The molecule has 0 radical (unpaired) electrons. The molecular formula is C21H22ClFN2O3. The molecule has 0 saturated carbocycles. The average molecular weight is 405 g/mol. The summed E-state index contributed by atoms with van der Waals surface area (Å²) in [5, 5.41) is 4.18. The lowest BCUT2D eigenvalue weighted by atomic mass is 9.85. The molecule has 3 atom stereocenters. The third kappa shape index (κ3) is 3.15. The standard InChI is InChI=1S/C21H22ClFN2O3/c1-3-28-21(26)25-9-8-14-16-10-12(22)4-7-18(16)24-19(14)20(25)15-6-5-13(27-2)11-17(15)23/h4-7,10-11,16,18,20,24H,3,8-9H2,1-2H3. The number of ether oxygens (including phenoxy) is 2. The Bertz CT molecular complexity index is 896. The first-order valence-electron chi connectivity index (χ1n) is 9.35. The average Bonchev–Trinajstić information content (AvgIpc) is 3.05. The lowest BCUT2D eigenvalue weighted by Crippen LogP contribution is -2.42. The van der Waals surface area contributed by atoms with Gasteiger partial charge in [0.15, 0.2) is 0 Å². The van der Waals surface area contributed by atoms with Crippen molar-refractivity contribution in [1.82, 2.24) is 10.2 Å². The summed E-state index contributed by atoms with van der Waals surface area (Å²) in [6.45, 7) is 2.47. The first-order valence-corrected chi connectivity index (χ1v) is 9.73. The molecule has 28 heavy (non-hydrogen) atoms. The van der Waals surface area contributed by atoms with Crippen LogP contribution in [0.25, 0.3) is 0 Å².